The SMILES string of the molecule is COC1(C(=O)N[C@@H](C)c2ccc(-n3cc(F)cn3)nc2)CCC(O)(c2cc(C)cc(Nc3cc(C)[nH]n3)n2)CC1. The van der Waals surface area contributed by atoms with Crippen LogP contribution in [0.2, 0.25) is 0 Å². The van der Waals surface area contributed by atoms with Gasteiger partial charge in [-0.25, -0.2) is 19.0 Å². The predicted octanol–water partition coefficient (Wildman–Crippen LogP) is 3.91. The first-order chi connectivity index (χ1) is 19.1. The molecule has 4 heterocycles. The van der Waals surface area contributed by atoms with Crippen LogP contribution in [0.4, 0.5) is 16.0 Å². The monoisotopic (exact) mass is 548 g/mol. The standard InChI is InChI=1S/C28H33FN8O3/c1-17-11-22(33-23(12-17)34-24-13-18(2)35-36-24)27(39)7-9-28(40-4,10-8-27)26(38)32-19(3)20-5-6-25(30-14-20)37-16-21(29)15-31-37/h5-6,11-16,19,39H,7-10H2,1-4H3,(H,32,38)(H2,33,34,35,36)/t19-,27?,28?/m0/s1. The Morgan fingerprint density at radius 1 is 1.15 bits per heavy atom. The van der Waals surface area contributed by atoms with Gasteiger partial charge in [0.25, 0.3) is 5.91 Å². The number of pyridine rings is 2. The first kappa shape index (κ1) is 27.4. The van der Waals surface area contributed by atoms with Crippen molar-refractivity contribution in [1.82, 2.24) is 35.3 Å². The summed E-state index contributed by atoms with van der Waals surface area (Å²) in [5.74, 6) is 0.990. The van der Waals surface area contributed by atoms with Crippen LogP contribution < -0.4 is 10.6 Å². The lowest BCUT2D eigenvalue weighted by atomic mass is 9.73. The van der Waals surface area contributed by atoms with Crippen molar-refractivity contribution in [3.8, 4) is 5.82 Å². The number of aryl methyl sites for hydroxylation is 2. The smallest absolute Gasteiger partial charge is 0.252 e. The molecule has 0 bridgehead atoms. The molecule has 11 nitrogen and oxygen atoms in total. The summed E-state index contributed by atoms with van der Waals surface area (Å²) in [6.45, 7) is 5.72. The molecule has 5 rings (SSSR count). The predicted molar refractivity (Wildman–Crippen MR) is 146 cm³/mol. The summed E-state index contributed by atoms with van der Waals surface area (Å²) in [4.78, 5) is 22.5. The van der Waals surface area contributed by atoms with Crippen molar-refractivity contribution in [3.63, 3.8) is 0 Å². The minimum Gasteiger partial charge on any atom is -0.384 e. The topological polar surface area (TPSA) is 143 Å². The number of aromatic nitrogens is 6. The van der Waals surface area contributed by atoms with Crippen LogP contribution in [-0.4, -0.2) is 53.7 Å². The van der Waals surface area contributed by atoms with Crippen molar-refractivity contribution in [2.24, 2.45) is 0 Å². The number of H-pyrrole nitrogens is 1. The molecule has 0 aromatic carbocycles. The van der Waals surface area contributed by atoms with E-state index in [1.807, 2.05) is 45.0 Å². The molecule has 210 valence electrons. The average Bonchev–Trinajstić information content (AvgIpc) is 3.56. The fourth-order valence-electron chi connectivity index (χ4n) is 5.06. The number of nitrogens with zero attached hydrogens (tertiary/aromatic N) is 5. The van der Waals surface area contributed by atoms with E-state index < -0.39 is 17.0 Å². The van der Waals surface area contributed by atoms with E-state index in [2.05, 4.69) is 35.9 Å². The van der Waals surface area contributed by atoms with E-state index >= 15 is 0 Å². The van der Waals surface area contributed by atoms with Gasteiger partial charge in [0, 0.05) is 25.1 Å². The molecule has 0 aliphatic heterocycles. The number of carbonyl (C=O) groups is 1. The number of halogens is 1. The molecule has 1 aliphatic carbocycles. The van der Waals surface area contributed by atoms with Gasteiger partial charge in [0.05, 0.1) is 24.1 Å². The van der Waals surface area contributed by atoms with Gasteiger partial charge in [-0.2, -0.15) is 10.2 Å². The Hall–Kier alpha value is -4.16. The van der Waals surface area contributed by atoms with Crippen LogP contribution >= 0.6 is 0 Å². The molecule has 0 saturated heterocycles. The zero-order valence-electron chi connectivity index (χ0n) is 22.9. The minimum atomic E-state index is -1.20. The Balaban J connectivity index is 1.25. The number of carbonyl (C=O) groups excluding carboxylic acids is 1. The quantitative estimate of drug-likeness (QED) is 0.260. The third-order valence-corrected chi connectivity index (χ3v) is 7.50. The van der Waals surface area contributed by atoms with E-state index in [0.29, 0.717) is 48.8 Å². The summed E-state index contributed by atoms with van der Waals surface area (Å²) >= 11 is 0. The van der Waals surface area contributed by atoms with Gasteiger partial charge in [-0.1, -0.05) is 6.07 Å². The average molecular weight is 549 g/mol. The third kappa shape index (κ3) is 5.58. The van der Waals surface area contributed by atoms with Crippen molar-refractivity contribution in [1.29, 1.82) is 0 Å². The molecular formula is C28H33FN8O3. The van der Waals surface area contributed by atoms with Gasteiger partial charge in [-0.05, 0) is 75.8 Å². The Morgan fingerprint density at radius 3 is 2.52 bits per heavy atom. The summed E-state index contributed by atoms with van der Waals surface area (Å²) in [6.07, 6.45) is 5.21. The summed E-state index contributed by atoms with van der Waals surface area (Å²) in [5, 5.41) is 28.8. The molecule has 1 aliphatic rings. The summed E-state index contributed by atoms with van der Waals surface area (Å²) in [6, 6.07) is 8.80. The van der Waals surface area contributed by atoms with Gasteiger partial charge in [-0.15, -0.1) is 0 Å². The first-order valence-corrected chi connectivity index (χ1v) is 13.1. The summed E-state index contributed by atoms with van der Waals surface area (Å²) in [7, 11) is 1.52. The number of hydrogen-bond acceptors (Lipinski definition) is 8. The molecule has 1 amide bonds. The van der Waals surface area contributed by atoms with E-state index in [9.17, 15) is 14.3 Å². The number of aromatic amines is 1. The maximum Gasteiger partial charge on any atom is 0.252 e. The molecule has 1 atom stereocenters. The van der Waals surface area contributed by atoms with E-state index in [1.165, 1.54) is 18.0 Å². The fourth-order valence-corrected chi connectivity index (χ4v) is 5.06. The highest BCUT2D eigenvalue weighted by atomic mass is 19.1. The van der Waals surface area contributed by atoms with Crippen LogP contribution in [0.1, 0.15) is 61.2 Å². The Kier molecular flexibility index (Phi) is 7.39. The molecule has 0 spiro atoms. The van der Waals surface area contributed by atoms with Crippen LogP contribution in [0.25, 0.3) is 5.82 Å². The largest absolute Gasteiger partial charge is 0.384 e. The molecular weight excluding hydrogens is 515 g/mol. The highest BCUT2D eigenvalue weighted by molar-refractivity contribution is 5.85. The van der Waals surface area contributed by atoms with Crippen molar-refractivity contribution < 1.29 is 19.0 Å². The molecule has 0 radical (unpaired) electrons. The van der Waals surface area contributed by atoms with Gasteiger partial charge in [0.15, 0.2) is 17.5 Å². The van der Waals surface area contributed by atoms with Crippen LogP contribution in [0.3, 0.4) is 0 Å². The first-order valence-electron chi connectivity index (χ1n) is 13.1. The van der Waals surface area contributed by atoms with Gasteiger partial charge < -0.3 is 20.5 Å². The summed E-state index contributed by atoms with van der Waals surface area (Å²) < 4.78 is 20.4. The molecule has 1 fully saturated rings. The number of amides is 1. The lowest BCUT2D eigenvalue weighted by Crippen LogP contribution is -2.53. The maximum atomic E-state index is 13.5. The lowest BCUT2D eigenvalue weighted by Gasteiger charge is -2.42. The zero-order chi connectivity index (χ0) is 28.5. The molecule has 12 heteroatoms. The maximum absolute atomic E-state index is 13.5. The summed E-state index contributed by atoms with van der Waals surface area (Å²) in [5.41, 5.74) is 0.898. The number of anilines is 2. The van der Waals surface area contributed by atoms with Gasteiger partial charge in [0.1, 0.15) is 17.0 Å². The molecule has 4 N–H and O–H groups in total. The van der Waals surface area contributed by atoms with Gasteiger partial charge >= 0.3 is 0 Å². The van der Waals surface area contributed by atoms with Crippen molar-refractivity contribution in [2.45, 2.75) is 63.7 Å². The van der Waals surface area contributed by atoms with Crippen LogP contribution in [0.5, 0.6) is 0 Å². The third-order valence-electron chi connectivity index (χ3n) is 7.50. The van der Waals surface area contributed by atoms with E-state index in [1.54, 1.807) is 12.3 Å². The van der Waals surface area contributed by atoms with Crippen LogP contribution in [0, 0.1) is 19.7 Å². The van der Waals surface area contributed by atoms with Crippen LogP contribution in [-0.2, 0) is 15.1 Å². The normalized spacial score (nSPS) is 21.6. The van der Waals surface area contributed by atoms with E-state index in [-0.39, 0.29) is 11.9 Å². The number of methoxy groups -OCH3 is 1. The number of nitrogens with one attached hydrogen (secondary N) is 3. The molecule has 4 aromatic rings. The number of aliphatic hydroxyl groups is 1. The second-order valence-electron chi connectivity index (χ2n) is 10.5. The van der Waals surface area contributed by atoms with Crippen molar-refractivity contribution in [3.05, 3.63) is 77.3 Å². The lowest BCUT2D eigenvalue weighted by molar-refractivity contribution is -0.157. The van der Waals surface area contributed by atoms with Crippen molar-refractivity contribution >= 4 is 17.5 Å². The van der Waals surface area contributed by atoms with Gasteiger partial charge in [-0.3, -0.25) is 9.89 Å². The van der Waals surface area contributed by atoms with Gasteiger partial charge in [0.2, 0.25) is 0 Å². The highest BCUT2D eigenvalue weighted by Gasteiger charge is 2.48. The number of rotatable bonds is 8. The Morgan fingerprint density at radius 2 is 1.93 bits per heavy atom. The Labute approximate surface area is 231 Å². The number of ether oxygens (including phenoxy) is 1. The zero-order valence-corrected chi connectivity index (χ0v) is 22.9. The second-order valence-corrected chi connectivity index (χ2v) is 10.5. The van der Waals surface area contributed by atoms with Crippen molar-refractivity contribution in [2.75, 3.05) is 12.4 Å². The molecule has 40 heavy (non-hydrogen) atoms. The number of hydrogen-bond donors (Lipinski definition) is 4. The highest BCUT2D eigenvalue weighted by Crippen LogP contribution is 2.43. The van der Waals surface area contributed by atoms with Crippen LogP contribution in [0.15, 0.2) is 48.9 Å². The molecule has 4 aromatic heterocycles. The van der Waals surface area contributed by atoms with E-state index in [0.717, 1.165) is 23.0 Å². The fraction of sp³-hybridized carbons (Fsp3) is 0.393. The van der Waals surface area contributed by atoms with E-state index in [4.69, 9.17) is 4.74 Å². The molecule has 1 saturated carbocycles. The second kappa shape index (κ2) is 10.8. The Bertz CT molecular complexity index is 1490. The molecule has 0 unspecified atom stereocenters. The minimum absolute atomic E-state index is 0.253.